The van der Waals surface area contributed by atoms with Crippen LogP contribution in [0.25, 0.3) is 0 Å². The summed E-state index contributed by atoms with van der Waals surface area (Å²) in [5.41, 5.74) is 0. The molecule has 1 fully saturated rings. The number of carbonyl (C=O) groups is 1. The molecule has 13 heavy (non-hydrogen) atoms. The first-order chi connectivity index (χ1) is 5.89. The number of hydrogen-bond acceptors (Lipinski definition) is 3. The largest absolute Gasteiger partial charge is 0.465 e. The van der Waals surface area contributed by atoms with E-state index in [1.807, 2.05) is 0 Å². The zero-order valence-electron chi connectivity index (χ0n) is 7.23. The second-order valence-corrected chi connectivity index (χ2v) is 5.04. The third kappa shape index (κ3) is 2.85. The minimum atomic E-state index is -3.17. The number of rotatable bonds is 2. The van der Waals surface area contributed by atoms with Crippen molar-refractivity contribution in [1.29, 1.82) is 0 Å². The fraction of sp³-hybridized carbons (Fsp3) is 0.833. The first-order valence-electron chi connectivity index (χ1n) is 3.84. The summed E-state index contributed by atoms with van der Waals surface area (Å²) in [5, 5.41) is 10.6. The van der Waals surface area contributed by atoms with Crippen LogP contribution in [0, 0.1) is 0 Å². The van der Waals surface area contributed by atoms with E-state index in [1.165, 1.54) is 4.31 Å². The monoisotopic (exact) mass is 208 g/mol. The topological polar surface area (TPSA) is 86.7 Å². The third-order valence-corrected chi connectivity index (χ3v) is 3.22. The van der Waals surface area contributed by atoms with E-state index >= 15 is 0 Å². The molecule has 1 aliphatic rings. The molecule has 1 saturated heterocycles. The van der Waals surface area contributed by atoms with Gasteiger partial charge in [0, 0.05) is 19.1 Å². The maximum absolute atomic E-state index is 11.0. The van der Waals surface area contributed by atoms with Crippen LogP contribution in [0.15, 0.2) is 0 Å². The van der Waals surface area contributed by atoms with Crippen LogP contribution in [0.1, 0.15) is 6.42 Å². The van der Waals surface area contributed by atoms with Gasteiger partial charge in [0.2, 0.25) is 10.0 Å². The van der Waals surface area contributed by atoms with Gasteiger partial charge in [0.05, 0.1) is 6.26 Å². The number of sulfonamides is 1. The Labute approximate surface area is 76.6 Å². The molecule has 0 radical (unpaired) electrons. The summed E-state index contributed by atoms with van der Waals surface area (Å²) in [6, 6.07) is -0.271. The molecule has 6 nitrogen and oxygen atoms in total. The number of hydrogen-bond donors (Lipinski definition) is 2. The molecule has 76 valence electrons. The first kappa shape index (κ1) is 10.3. The predicted molar refractivity (Wildman–Crippen MR) is 46.0 cm³/mol. The normalized spacial score (nSPS) is 24.5. The maximum atomic E-state index is 11.0. The van der Waals surface area contributed by atoms with Gasteiger partial charge < -0.3 is 10.4 Å². The van der Waals surface area contributed by atoms with Gasteiger partial charge in [0.1, 0.15) is 0 Å². The molecule has 1 heterocycles. The lowest BCUT2D eigenvalue weighted by Gasteiger charge is -2.12. The van der Waals surface area contributed by atoms with E-state index in [0.717, 1.165) is 6.26 Å². The highest BCUT2D eigenvalue weighted by atomic mass is 32.2. The Hall–Kier alpha value is -0.820. The van der Waals surface area contributed by atoms with Gasteiger partial charge in [0.15, 0.2) is 0 Å². The molecule has 0 aromatic rings. The lowest BCUT2D eigenvalue weighted by Crippen LogP contribution is -2.37. The Kier molecular flexibility index (Phi) is 2.77. The lowest BCUT2D eigenvalue weighted by atomic mass is 10.3. The molecule has 0 aromatic carbocycles. The average Bonchev–Trinajstić information content (AvgIpc) is 2.32. The molecule has 0 saturated carbocycles. The number of amides is 1. The molecule has 1 aliphatic heterocycles. The summed E-state index contributed by atoms with van der Waals surface area (Å²) in [6.45, 7) is 0.634. The summed E-state index contributed by atoms with van der Waals surface area (Å²) >= 11 is 0. The standard InChI is InChI=1S/C6H12N2O4S/c1-13(11,12)8-3-2-5(4-8)7-6(9)10/h5,7H,2-4H2,1H3,(H,9,10)/t5-/m0/s1. The van der Waals surface area contributed by atoms with Crippen molar-refractivity contribution < 1.29 is 18.3 Å². The number of nitrogens with one attached hydrogen (secondary N) is 1. The Balaban J connectivity index is 2.50. The van der Waals surface area contributed by atoms with Crippen LogP contribution in [-0.4, -0.2) is 49.3 Å². The summed E-state index contributed by atoms with van der Waals surface area (Å²) < 4.78 is 23.3. The Morgan fingerprint density at radius 3 is 2.62 bits per heavy atom. The second kappa shape index (κ2) is 3.51. The second-order valence-electron chi connectivity index (χ2n) is 3.06. The highest BCUT2D eigenvalue weighted by Crippen LogP contribution is 2.12. The van der Waals surface area contributed by atoms with Crippen molar-refractivity contribution in [1.82, 2.24) is 9.62 Å². The molecular weight excluding hydrogens is 196 g/mol. The summed E-state index contributed by atoms with van der Waals surface area (Å²) in [4.78, 5) is 10.2. The first-order valence-corrected chi connectivity index (χ1v) is 5.69. The molecule has 0 aromatic heterocycles. The molecule has 0 bridgehead atoms. The summed E-state index contributed by atoms with van der Waals surface area (Å²) in [6.07, 6.45) is 0.551. The van der Waals surface area contributed by atoms with Crippen LogP contribution in [0.5, 0.6) is 0 Å². The van der Waals surface area contributed by atoms with Crippen LogP contribution in [0.3, 0.4) is 0 Å². The lowest BCUT2D eigenvalue weighted by molar-refractivity contribution is 0.190. The summed E-state index contributed by atoms with van der Waals surface area (Å²) in [5.74, 6) is 0. The predicted octanol–water partition coefficient (Wildman–Crippen LogP) is -0.712. The van der Waals surface area contributed by atoms with Crippen LogP contribution in [-0.2, 0) is 10.0 Å². The Morgan fingerprint density at radius 1 is 1.62 bits per heavy atom. The molecule has 1 amide bonds. The average molecular weight is 208 g/mol. The van der Waals surface area contributed by atoms with E-state index < -0.39 is 16.1 Å². The summed E-state index contributed by atoms with van der Waals surface area (Å²) in [7, 11) is -3.17. The van der Waals surface area contributed by atoms with Crippen molar-refractivity contribution in [3.8, 4) is 0 Å². The number of carboxylic acid groups (broad SMARTS) is 1. The van der Waals surface area contributed by atoms with E-state index in [4.69, 9.17) is 5.11 Å². The van der Waals surface area contributed by atoms with Crippen molar-refractivity contribution in [2.24, 2.45) is 0 Å². The van der Waals surface area contributed by atoms with Crippen LogP contribution in [0.2, 0.25) is 0 Å². The van der Waals surface area contributed by atoms with Gasteiger partial charge in [-0.1, -0.05) is 0 Å². The minimum absolute atomic E-state index is 0.241. The minimum Gasteiger partial charge on any atom is -0.465 e. The molecular formula is C6H12N2O4S. The van der Waals surface area contributed by atoms with E-state index in [-0.39, 0.29) is 12.6 Å². The van der Waals surface area contributed by atoms with Crippen LogP contribution < -0.4 is 5.32 Å². The molecule has 0 spiro atoms. The molecule has 0 aliphatic carbocycles. The van der Waals surface area contributed by atoms with Gasteiger partial charge in [0.25, 0.3) is 0 Å². The molecule has 1 rings (SSSR count). The van der Waals surface area contributed by atoms with Crippen LogP contribution in [0.4, 0.5) is 4.79 Å². The van der Waals surface area contributed by atoms with Crippen molar-refractivity contribution in [3.05, 3.63) is 0 Å². The highest BCUT2D eigenvalue weighted by molar-refractivity contribution is 7.88. The third-order valence-electron chi connectivity index (χ3n) is 1.95. The van der Waals surface area contributed by atoms with Gasteiger partial charge >= 0.3 is 6.09 Å². The Morgan fingerprint density at radius 2 is 2.23 bits per heavy atom. The van der Waals surface area contributed by atoms with E-state index in [1.54, 1.807) is 0 Å². The smallest absolute Gasteiger partial charge is 0.404 e. The molecule has 0 unspecified atom stereocenters. The van der Waals surface area contributed by atoms with E-state index in [0.29, 0.717) is 13.0 Å². The van der Waals surface area contributed by atoms with Crippen molar-refractivity contribution in [2.75, 3.05) is 19.3 Å². The quantitative estimate of drug-likeness (QED) is 0.627. The van der Waals surface area contributed by atoms with Crippen molar-refractivity contribution in [2.45, 2.75) is 12.5 Å². The van der Waals surface area contributed by atoms with Crippen molar-refractivity contribution >= 4 is 16.1 Å². The van der Waals surface area contributed by atoms with Gasteiger partial charge in [-0.3, -0.25) is 0 Å². The van der Waals surface area contributed by atoms with Gasteiger partial charge in [-0.2, -0.15) is 0 Å². The van der Waals surface area contributed by atoms with E-state index in [2.05, 4.69) is 5.32 Å². The van der Waals surface area contributed by atoms with Gasteiger partial charge in [-0.15, -0.1) is 0 Å². The molecule has 7 heteroatoms. The van der Waals surface area contributed by atoms with Crippen LogP contribution >= 0.6 is 0 Å². The zero-order chi connectivity index (χ0) is 10.1. The number of nitrogens with zero attached hydrogens (tertiary/aromatic N) is 1. The maximum Gasteiger partial charge on any atom is 0.404 e. The van der Waals surface area contributed by atoms with Gasteiger partial charge in [-0.25, -0.2) is 17.5 Å². The highest BCUT2D eigenvalue weighted by Gasteiger charge is 2.29. The zero-order valence-corrected chi connectivity index (χ0v) is 8.04. The SMILES string of the molecule is CS(=O)(=O)N1CC[C@H](NC(=O)O)C1. The van der Waals surface area contributed by atoms with E-state index in [9.17, 15) is 13.2 Å². The Bertz CT molecular complexity index is 300. The molecule has 2 N–H and O–H groups in total. The van der Waals surface area contributed by atoms with Crippen molar-refractivity contribution in [3.63, 3.8) is 0 Å². The fourth-order valence-electron chi connectivity index (χ4n) is 1.32. The van der Waals surface area contributed by atoms with Gasteiger partial charge in [-0.05, 0) is 6.42 Å². The molecule has 1 atom stereocenters. The fourth-order valence-corrected chi connectivity index (χ4v) is 2.21.